The molecule has 0 spiro atoms. The van der Waals surface area contributed by atoms with Gasteiger partial charge in [-0.2, -0.15) is 5.10 Å². The van der Waals surface area contributed by atoms with E-state index in [1.54, 1.807) is 19.2 Å². The number of carbonyl (C=O) groups excluding carboxylic acids is 1. The minimum Gasteiger partial charge on any atom is -0.493 e. The van der Waals surface area contributed by atoms with Crippen LogP contribution in [0.5, 0.6) is 11.5 Å². The van der Waals surface area contributed by atoms with E-state index in [0.29, 0.717) is 17.9 Å². The smallest absolute Gasteiger partial charge is 0.335 e. The Kier molecular flexibility index (Phi) is 5.00. The molecule has 1 aliphatic carbocycles. The standard InChI is InChI=1S/C26H26N2O5/c1-26(2)21(19-9-6-10-20(32-3)23(19)33-26)22-17-7-4-5-8-18(17)24(29)28(27-22)16-13-11-15(12-14-16)25(30)31/h4-6,9-14,17-18,21H,7-8H2,1-3H3,(H,30,31)/t17-,18+,21?/m1/s1. The van der Waals surface area contributed by atoms with Gasteiger partial charge >= 0.3 is 5.97 Å². The summed E-state index contributed by atoms with van der Waals surface area (Å²) in [6, 6.07) is 12.1. The molecule has 3 atom stereocenters. The summed E-state index contributed by atoms with van der Waals surface area (Å²) in [4.78, 5) is 24.7. The number of anilines is 1. The van der Waals surface area contributed by atoms with E-state index in [2.05, 4.69) is 12.2 Å². The maximum atomic E-state index is 13.5. The average Bonchev–Trinajstić information content (AvgIpc) is 3.09. The predicted octanol–water partition coefficient (Wildman–Crippen LogP) is 4.63. The van der Waals surface area contributed by atoms with Crippen molar-refractivity contribution in [2.45, 2.75) is 38.2 Å². The highest BCUT2D eigenvalue weighted by molar-refractivity contribution is 6.08. The van der Waals surface area contributed by atoms with Gasteiger partial charge in [-0.05, 0) is 57.0 Å². The van der Waals surface area contributed by atoms with Crippen LogP contribution in [0.25, 0.3) is 0 Å². The van der Waals surface area contributed by atoms with Gasteiger partial charge in [-0.3, -0.25) is 4.79 Å². The van der Waals surface area contributed by atoms with Gasteiger partial charge in [0.05, 0.1) is 35.9 Å². The Morgan fingerprint density at radius 1 is 1.12 bits per heavy atom. The fourth-order valence-corrected chi connectivity index (χ4v) is 5.25. The van der Waals surface area contributed by atoms with E-state index in [4.69, 9.17) is 14.6 Å². The highest BCUT2D eigenvalue weighted by Gasteiger charge is 2.51. The van der Waals surface area contributed by atoms with Crippen LogP contribution in [0.2, 0.25) is 0 Å². The highest BCUT2D eigenvalue weighted by Crippen LogP contribution is 2.52. The molecule has 0 bridgehead atoms. The number of para-hydroxylation sites is 1. The first-order valence-corrected chi connectivity index (χ1v) is 11.1. The maximum absolute atomic E-state index is 13.5. The Labute approximate surface area is 192 Å². The SMILES string of the molecule is COc1cccc2c1OC(C)(C)C2C1=NN(c2ccc(C(=O)O)cc2)C(=O)[C@H]2CC=CC[C@@H]12. The molecule has 0 fully saturated rings. The number of nitrogens with zero attached hydrogens (tertiary/aromatic N) is 2. The number of carboxylic acid groups (broad SMARTS) is 1. The number of hydrazone groups is 1. The molecule has 0 aromatic heterocycles. The minimum absolute atomic E-state index is 0.0259. The number of carbonyl (C=O) groups is 2. The summed E-state index contributed by atoms with van der Waals surface area (Å²) in [7, 11) is 1.63. The molecule has 2 aromatic carbocycles. The zero-order chi connectivity index (χ0) is 23.3. The van der Waals surface area contributed by atoms with Crippen LogP contribution >= 0.6 is 0 Å². The Bertz CT molecular complexity index is 1180. The lowest BCUT2D eigenvalue weighted by Crippen LogP contribution is -2.49. The summed E-state index contributed by atoms with van der Waals surface area (Å²) in [5.41, 5.74) is 2.04. The van der Waals surface area contributed by atoms with Crippen molar-refractivity contribution in [2.24, 2.45) is 16.9 Å². The first kappa shape index (κ1) is 21.2. The topological polar surface area (TPSA) is 88.4 Å². The molecule has 1 amide bonds. The van der Waals surface area contributed by atoms with Crippen molar-refractivity contribution in [2.75, 3.05) is 12.1 Å². The number of benzene rings is 2. The van der Waals surface area contributed by atoms with Crippen LogP contribution in [-0.2, 0) is 4.79 Å². The second-order valence-corrected chi connectivity index (χ2v) is 9.20. The van der Waals surface area contributed by atoms with E-state index in [1.807, 2.05) is 32.0 Å². The molecule has 2 aromatic rings. The number of hydrogen-bond acceptors (Lipinski definition) is 5. The van der Waals surface area contributed by atoms with Crippen molar-refractivity contribution in [1.82, 2.24) is 0 Å². The normalized spacial score (nSPS) is 25.1. The molecule has 1 N–H and O–H groups in total. The van der Waals surface area contributed by atoms with Crippen molar-refractivity contribution in [1.29, 1.82) is 0 Å². The van der Waals surface area contributed by atoms with Crippen molar-refractivity contribution in [3.63, 3.8) is 0 Å². The van der Waals surface area contributed by atoms with Crippen LogP contribution in [0, 0.1) is 11.8 Å². The molecule has 2 aliphatic heterocycles. The fraction of sp³-hybridized carbons (Fsp3) is 0.346. The quantitative estimate of drug-likeness (QED) is 0.692. The second-order valence-electron chi connectivity index (χ2n) is 9.20. The number of fused-ring (bicyclic) bond motifs is 2. The lowest BCUT2D eigenvalue weighted by atomic mass is 9.70. The Hall–Kier alpha value is -3.61. The summed E-state index contributed by atoms with van der Waals surface area (Å²) in [5, 5.41) is 15.6. The first-order valence-electron chi connectivity index (χ1n) is 11.1. The van der Waals surface area contributed by atoms with Gasteiger partial charge in [0.15, 0.2) is 11.5 Å². The van der Waals surface area contributed by atoms with Crippen LogP contribution in [0.1, 0.15) is 48.5 Å². The van der Waals surface area contributed by atoms with Crippen LogP contribution in [0.15, 0.2) is 59.7 Å². The fourth-order valence-electron chi connectivity index (χ4n) is 5.25. The largest absolute Gasteiger partial charge is 0.493 e. The molecule has 33 heavy (non-hydrogen) atoms. The minimum atomic E-state index is -1.01. The molecule has 5 rings (SSSR count). The number of carboxylic acids is 1. The van der Waals surface area contributed by atoms with Crippen LogP contribution in [0.4, 0.5) is 5.69 Å². The van der Waals surface area contributed by atoms with E-state index >= 15 is 0 Å². The Balaban J connectivity index is 1.64. The molecule has 0 radical (unpaired) electrons. The van der Waals surface area contributed by atoms with Crippen LogP contribution in [0.3, 0.4) is 0 Å². The number of amides is 1. The summed E-state index contributed by atoms with van der Waals surface area (Å²) in [6.45, 7) is 4.07. The third-order valence-corrected chi connectivity index (χ3v) is 6.81. The lowest BCUT2D eigenvalue weighted by molar-refractivity contribution is -0.124. The van der Waals surface area contributed by atoms with Crippen molar-refractivity contribution >= 4 is 23.3 Å². The van der Waals surface area contributed by atoms with Gasteiger partial charge in [0.2, 0.25) is 0 Å². The lowest BCUT2D eigenvalue weighted by Gasteiger charge is -2.40. The van der Waals surface area contributed by atoms with Crippen molar-refractivity contribution in [3.05, 3.63) is 65.7 Å². The summed E-state index contributed by atoms with van der Waals surface area (Å²) in [6.07, 6.45) is 5.57. The van der Waals surface area contributed by atoms with Gasteiger partial charge in [-0.25, -0.2) is 9.80 Å². The van der Waals surface area contributed by atoms with E-state index in [0.717, 1.165) is 23.4 Å². The number of aromatic carboxylic acids is 1. The molecule has 1 unspecified atom stereocenters. The molecular formula is C26H26N2O5. The van der Waals surface area contributed by atoms with Crippen molar-refractivity contribution < 1.29 is 24.2 Å². The van der Waals surface area contributed by atoms with E-state index in [9.17, 15) is 14.7 Å². The average molecular weight is 447 g/mol. The second kappa shape index (κ2) is 7.76. The van der Waals surface area contributed by atoms with E-state index < -0.39 is 11.6 Å². The zero-order valence-corrected chi connectivity index (χ0v) is 18.8. The molecule has 3 aliphatic rings. The maximum Gasteiger partial charge on any atom is 0.335 e. The van der Waals surface area contributed by atoms with Gasteiger partial charge in [-0.15, -0.1) is 0 Å². The Morgan fingerprint density at radius 2 is 1.82 bits per heavy atom. The number of ether oxygens (including phenoxy) is 2. The van der Waals surface area contributed by atoms with Crippen LogP contribution < -0.4 is 14.5 Å². The molecular weight excluding hydrogens is 420 g/mol. The number of allylic oxidation sites excluding steroid dienone is 2. The van der Waals surface area contributed by atoms with Gasteiger partial charge < -0.3 is 14.6 Å². The van der Waals surface area contributed by atoms with Crippen molar-refractivity contribution in [3.8, 4) is 11.5 Å². The van der Waals surface area contributed by atoms with E-state index in [-0.39, 0.29) is 29.2 Å². The third-order valence-electron chi connectivity index (χ3n) is 6.81. The van der Waals surface area contributed by atoms with Gasteiger partial charge in [0.25, 0.3) is 5.91 Å². The molecule has 2 heterocycles. The number of rotatable bonds is 4. The molecule has 7 nitrogen and oxygen atoms in total. The highest BCUT2D eigenvalue weighted by atomic mass is 16.5. The van der Waals surface area contributed by atoms with E-state index in [1.165, 1.54) is 17.1 Å². The summed E-state index contributed by atoms with van der Waals surface area (Å²) >= 11 is 0. The third kappa shape index (κ3) is 3.39. The number of methoxy groups -OCH3 is 1. The van der Waals surface area contributed by atoms with Gasteiger partial charge in [0, 0.05) is 11.5 Å². The number of hydrogen-bond donors (Lipinski definition) is 1. The predicted molar refractivity (Wildman–Crippen MR) is 124 cm³/mol. The molecule has 0 saturated heterocycles. The molecule has 0 saturated carbocycles. The molecule has 7 heteroatoms. The summed E-state index contributed by atoms with van der Waals surface area (Å²) < 4.78 is 11.9. The van der Waals surface area contributed by atoms with Gasteiger partial charge in [-0.1, -0.05) is 24.3 Å². The monoisotopic (exact) mass is 446 g/mol. The zero-order valence-electron chi connectivity index (χ0n) is 18.8. The Morgan fingerprint density at radius 3 is 2.48 bits per heavy atom. The molecule has 170 valence electrons. The summed E-state index contributed by atoms with van der Waals surface area (Å²) in [5.74, 6) is -0.0985. The first-order chi connectivity index (χ1) is 15.8. The van der Waals surface area contributed by atoms with Crippen LogP contribution in [-0.4, -0.2) is 35.4 Å². The van der Waals surface area contributed by atoms with Gasteiger partial charge in [0.1, 0.15) is 5.60 Å².